The molecule has 2 rings (SSSR count). The van der Waals surface area contributed by atoms with Crippen molar-refractivity contribution in [3.05, 3.63) is 59.3 Å². The van der Waals surface area contributed by atoms with E-state index in [0.717, 1.165) is 17.9 Å². The van der Waals surface area contributed by atoms with Gasteiger partial charge in [0.15, 0.2) is 11.7 Å². The first-order valence-electron chi connectivity index (χ1n) is 11.6. The Hall–Kier alpha value is -4.16. The van der Waals surface area contributed by atoms with E-state index in [4.69, 9.17) is 20.2 Å². The number of carbonyl (C=O) groups is 1. The number of hydrogen-bond acceptors (Lipinski definition) is 10. The van der Waals surface area contributed by atoms with Gasteiger partial charge in [0.2, 0.25) is 5.95 Å². The SMILES string of the molecule is C=N/C(=N\C(=C(/CCOCCNC)N=C)N(C)CCNc1ncc(C(N)=O)cn1)c1ccc(OC)cc1. The Kier molecular flexibility index (Phi) is 12.4. The first-order valence-corrected chi connectivity index (χ1v) is 11.6. The van der Waals surface area contributed by atoms with Gasteiger partial charge in [-0.25, -0.2) is 20.0 Å². The van der Waals surface area contributed by atoms with Crippen LogP contribution < -0.4 is 21.1 Å². The Morgan fingerprint density at radius 2 is 1.78 bits per heavy atom. The van der Waals surface area contributed by atoms with Crippen LogP contribution in [-0.4, -0.2) is 94.1 Å². The van der Waals surface area contributed by atoms with Crippen LogP contribution in [0.25, 0.3) is 0 Å². The zero-order chi connectivity index (χ0) is 27.0. The fourth-order valence-electron chi connectivity index (χ4n) is 3.10. The van der Waals surface area contributed by atoms with Gasteiger partial charge in [-0.15, -0.1) is 0 Å². The van der Waals surface area contributed by atoms with Crippen LogP contribution in [0.15, 0.2) is 63.2 Å². The first-order chi connectivity index (χ1) is 17.9. The number of nitrogens with one attached hydrogen (secondary N) is 2. The van der Waals surface area contributed by atoms with E-state index in [1.807, 2.05) is 43.3 Å². The summed E-state index contributed by atoms with van der Waals surface area (Å²) in [7, 11) is 5.37. The van der Waals surface area contributed by atoms with Crippen molar-refractivity contribution in [2.75, 3.05) is 59.4 Å². The second-order valence-electron chi connectivity index (χ2n) is 7.72. The molecule has 1 heterocycles. The maximum atomic E-state index is 11.2. The second kappa shape index (κ2) is 15.8. The number of methoxy groups -OCH3 is 1. The number of nitrogens with two attached hydrogens (primary N) is 1. The molecule has 12 heteroatoms. The van der Waals surface area contributed by atoms with Crippen molar-refractivity contribution in [1.29, 1.82) is 0 Å². The van der Waals surface area contributed by atoms with Crippen LogP contribution in [0.5, 0.6) is 5.75 Å². The number of likely N-dealkylation sites (N-methyl/N-ethyl adjacent to an activating group) is 2. The van der Waals surface area contributed by atoms with Crippen molar-refractivity contribution in [3.63, 3.8) is 0 Å². The number of primary amides is 1. The lowest BCUT2D eigenvalue weighted by Crippen LogP contribution is -2.26. The Morgan fingerprint density at radius 1 is 1.08 bits per heavy atom. The van der Waals surface area contributed by atoms with Crippen LogP contribution in [0, 0.1) is 0 Å². The molecule has 4 N–H and O–H groups in total. The third-order valence-corrected chi connectivity index (χ3v) is 5.17. The summed E-state index contributed by atoms with van der Waals surface area (Å²) in [5.74, 6) is 1.53. The van der Waals surface area contributed by atoms with Crippen LogP contribution in [-0.2, 0) is 4.74 Å². The molecule has 1 amide bonds. The van der Waals surface area contributed by atoms with Crippen molar-refractivity contribution in [2.24, 2.45) is 20.7 Å². The van der Waals surface area contributed by atoms with Crippen LogP contribution in [0.3, 0.4) is 0 Å². The number of aliphatic imine (C=N–C) groups is 3. The van der Waals surface area contributed by atoms with Crippen molar-refractivity contribution in [3.8, 4) is 5.75 Å². The van der Waals surface area contributed by atoms with E-state index >= 15 is 0 Å². The van der Waals surface area contributed by atoms with E-state index in [1.165, 1.54) is 12.4 Å². The quantitative estimate of drug-likeness (QED) is 0.175. The predicted molar refractivity (Wildman–Crippen MR) is 147 cm³/mol. The molecule has 37 heavy (non-hydrogen) atoms. The molecule has 12 nitrogen and oxygen atoms in total. The number of nitrogens with zero attached hydrogens (tertiary/aromatic N) is 6. The molecular weight excluding hydrogens is 474 g/mol. The molecule has 0 aliphatic rings. The topological polar surface area (TPSA) is 152 Å². The van der Waals surface area contributed by atoms with Crippen LogP contribution >= 0.6 is 0 Å². The molecule has 0 fully saturated rings. The van der Waals surface area contributed by atoms with Crippen molar-refractivity contribution in [2.45, 2.75) is 6.42 Å². The molecule has 0 saturated carbocycles. The van der Waals surface area contributed by atoms with Gasteiger partial charge in [0.25, 0.3) is 5.91 Å². The second-order valence-corrected chi connectivity index (χ2v) is 7.72. The summed E-state index contributed by atoms with van der Waals surface area (Å²) in [6.07, 6.45) is 3.26. The Bertz CT molecular complexity index is 1080. The largest absolute Gasteiger partial charge is 0.497 e. The minimum Gasteiger partial charge on any atom is -0.497 e. The summed E-state index contributed by atoms with van der Waals surface area (Å²) in [6.45, 7) is 10.2. The Balaban J connectivity index is 2.24. The smallest absolute Gasteiger partial charge is 0.251 e. The third kappa shape index (κ3) is 9.43. The van der Waals surface area contributed by atoms with E-state index in [0.29, 0.717) is 56.0 Å². The van der Waals surface area contributed by atoms with Gasteiger partial charge in [-0.2, -0.15) is 0 Å². The standard InChI is InChI=1S/C25H35N9O3/c1-27-12-15-37-14-10-21(28-2)24(33-23(29-3)18-6-8-20(36-5)9-7-18)34(4)13-11-30-25-31-16-19(17-32-25)22(26)35/h6-9,16-17,27H,2-3,10-15H2,1,4-5H3,(H2,26,35)(H,30,31,32)/b24-21-,33-23-. The number of amidine groups is 1. The lowest BCUT2D eigenvalue weighted by atomic mass is 10.2. The Morgan fingerprint density at radius 3 is 2.35 bits per heavy atom. The fourth-order valence-corrected chi connectivity index (χ4v) is 3.10. The number of aromatic nitrogens is 2. The van der Waals surface area contributed by atoms with Gasteiger partial charge >= 0.3 is 0 Å². The average molecular weight is 510 g/mol. The molecule has 0 saturated heterocycles. The van der Waals surface area contributed by atoms with Crippen LogP contribution in [0.2, 0.25) is 0 Å². The zero-order valence-electron chi connectivity index (χ0n) is 21.6. The lowest BCUT2D eigenvalue weighted by Gasteiger charge is -2.22. The highest BCUT2D eigenvalue weighted by molar-refractivity contribution is 6.02. The molecule has 0 aliphatic carbocycles. The molecule has 0 radical (unpaired) electrons. The summed E-state index contributed by atoms with van der Waals surface area (Å²) < 4.78 is 10.9. The number of benzene rings is 1. The lowest BCUT2D eigenvalue weighted by molar-refractivity contribution is 0.0999. The van der Waals surface area contributed by atoms with Crippen LogP contribution in [0.4, 0.5) is 5.95 Å². The molecule has 0 bridgehead atoms. The first kappa shape index (κ1) is 29.1. The monoisotopic (exact) mass is 509 g/mol. The molecule has 0 spiro atoms. The van der Waals surface area contributed by atoms with Crippen molar-refractivity contribution < 1.29 is 14.3 Å². The molecule has 1 aromatic carbocycles. The number of ether oxygens (including phenoxy) is 2. The van der Waals surface area contributed by atoms with Gasteiger partial charge in [-0.3, -0.25) is 9.79 Å². The van der Waals surface area contributed by atoms with Gasteiger partial charge in [0.05, 0.1) is 31.6 Å². The highest BCUT2D eigenvalue weighted by Crippen LogP contribution is 2.19. The van der Waals surface area contributed by atoms with Crippen molar-refractivity contribution in [1.82, 2.24) is 20.2 Å². The molecule has 198 valence electrons. The summed E-state index contributed by atoms with van der Waals surface area (Å²) in [4.78, 5) is 34.5. The fraction of sp³-hybridized carbons (Fsp3) is 0.360. The minimum absolute atomic E-state index is 0.240. The molecule has 1 aromatic heterocycles. The number of hydrogen-bond donors (Lipinski definition) is 3. The Labute approximate surface area is 217 Å². The van der Waals surface area contributed by atoms with Gasteiger partial charge in [-0.1, -0.05) is 0 Å². The molecular formula is C25H35N9O3. The van der Waals surface area contributed by atoms with Gasteiger partial charge < -0.3 is 30.7 Å². The number of amides is 1. The summed E-state index contributed by atoms with van der Waals surface area (Å²) in [5, 5.41) is 6.16. The summed E-state index contributed by atoms with van der Waals surface area (Å²) in [5.41, 5.74) is 6.91. The highest BCUT2D eigenvalue weighted by atomic mass is 16.5. The minimum atomic E-state index is -0.582. The molecule has 0 atom stereocenters. The average Bonchev–Trinajstić information content (AvgIpc) is 2.92. The van der Waals surface area contributed by atoms with E-state index in [9.17, 15) is 4.79 Å². The van der Waals surface area contributed by atoms with Gasteiger partial charge in [-0.05, 0) is 44.7 Å². The van der Waals surface area contributed by atoms with E-state index in [1.54, 1.807) is 7.11 Å². The molecule has 2 aromatic rings. The summed E-state index contributed by atoms with van der Waals surface area (Å²) in [6, 6.07) is 7.39. The molecule has 0 aliphatic heterocycles. The van der Waals surface area contributed by atoms with Gasteiger partial charge in [0, 0.05) is 51.1 Å². The third-order valence-electron chi connectivity index (χ3n) is 5.17. The number of rotatable bonds is 16. The summed E-state index contributed by atoms with van der Waals surface area (Å²) >= 11 is 0. The van der Waals surface area contributed by atoms with Crippen LogP contribution in [0.1, 0.15) is 22.3 Å². The highest BCUT2D eigenvalue weighted by Gasteiger charge is 2.14. The van der Waals surface area contributed by atoms with Crippen molar-refractivity contribution >= 4 is 31.1 Å². The predicted octanol–water partition coefficient (Wildman–Crippen LogP) is 1.57. The van der Waals surface area contributed by atoms with E-state index in [-0.39, 0.29) is 5.56 Å². The van der Waals surface area contributed by atoms with Gasteiger partial charge in [0.1, 0.15) is 5.75 Å². The van der Waals surface area contributed by atoms with E-state index < -0.39 is 5.91 Å². The maximum Gasteiger partial charge on any atom is 0.251 e. The normalized spacial score (nSPS) is 11.9. The maximum absolute atomic E-state index is 11.2. The van der Waals surface area contributed by atoms with E-state index in [2.05, 4.69) is 44.0 Å². The number of carbonyl (C=O) groups excluding carboxylic acids is 1. The number of anilines is 1. The zero-order valence-corrected chi connectivity index (χ0v) is 21.6. The molecule has 0 unspecified atom stereocenters.